The summed E-state index contributed by atoms with van der Waals surface area (Å²) in [6.45, 7) is 2.23. The Morgan fingerprint density at radius 1 is 1.50 bits per heavy atom. The van der Waals surface area contributed by atoms with Crippen molar-refractivity contribution in [1.82, 2.24) is 5.32 Å². The Labute approximate surface area is 118 Å². The molecule has 2 rings (SSSR count). The first-order valence-electron chi connectivity index (χ1n) is 7.01. The first kappa shape index (κ1) is 14.8. The predicted molar refractivity (Wildman–Crippen MR) is 76.1 cm³/mol. The van der Waals surface area contributed by atoms with Gasteiger partial charge in [0, 0.05) is 19.2 Å². The Bertz CT molecular complexity index is 491. The van der Waals surface area contributed by atoms with E-state index < -0.39 is 6.10 Å². The molecule has 1 saturated heterocycles. The van der Waals surface area contributed by atoms with Crippen molar-refractivity contribution in [1.29, 1.82) is 0 Å². The fourth-order valence-corrected chi connectivity index (χ4v) is 2.81. The molecule has 0 spiro atoms. The maximum absolute atomic E-state index is 14.3. The summed E-state index contributed by atoms with van der Waals surface area (Å²) in [6, 6.07) is 4.29. The summed E-state index contributed by atoms with van der Waals surface area (Å²) < 4.78 is 14.3. The first-order valence-corrected chi connectivity index (χ1v) is 7.01. The number of nitrogens with one attached hydrogen (secondary N) is 1. The van der Waals surface area contributed by atoms with Crippen LogP contribution in [-0.2, 0) is 4.79 Å². The van der Waals surface area contributed by atoms with Crippen LogP contribution in [0.2, 0.25) is 0 Å². The Balaban J connectivity index is 2.44. The normalized spacial score (nSPS) is 20.6. The van der Waals surface area contributed by atoms with Crippen LogP contribution in [0.5, 0.6) is 0 Å². The number of piperidine rings is 1. The summed E-state index contributed by atoms with van der Waals surface area (Å²) in [7, 11) is 1.59. The molecule has 1 fully saturated rings. The molecule has 0 aliphatic carbocycles. The van der Waals surface area contributed by atoms with Crippen molar-refractivity contribution in [3.05, 3.63) is 29.6 Å². The van der Waals surface area contributed by atoms with Crippen LogP contribution in [0.1, 0.15) is 37.9 Å². The highest BCUT2D eigenvalue weighted by molar-refractivity contribution is 5.85. The number of carbonyl (C=O) groups is 1. The third-order valence-corrected chi connectivity index (χ3v) is 3.81. The van der Waals surface area contributed by atoms with Crippen molar-refractivity contribution in [3.63, 3.8) is 0 Å². The van der Waals surface area contributed by atoms with Crippen LogP contribution < -0.4 is 10.2 Å². The van der Waals surface area contributed by atoms with Gasteiger partial charge >= 0.3 is 0 Å². The second kappa shape index (κ2) is 6.22. The third kappa shape index (κ3) is 2.77. The lowest BCUT2D eigenvalue weighted by Crippen LogP contribution is -2.49. The lowest BCUT2D eigenvalue weighted by molar-refractivity contribution is -0.122. The summed E-state index contributed by atoms with van der Waals surface area (Å²) in [6.07, 6.45) is 1.80. The molecule has 1 aliphatic heterocycles. The van der Waals surface area contributed by atoms with Crippen molar-refractivity contribution in [2.24, 2.45) is 0 Å². The molecule has 110 valence electrons. The van der Waals surface area contributed by atoms with Crippen LogP contribution in [0.25, 0.3) is 0 Å². The average Bonchev–Trinajstić information content (AvgIpc) is 2.46. The number of para-hydroxylation sites is 1. The minimum Gasteiger partial charge on any atom is -0.389 e. The zero-order valence-corrected chi connectivity index (χ0v) is 11.9. The van der Waals surface area contributed by atoms with Crippen LogP contribution in [0.15, 0.2) is 18.2 Å². The summed E-state index contributed by atoms with van der Waals surface area (Å²) in [4.78, 5) is 13.8. The number of nitrogens with zero attached hydrogens (tertiary/aromatic N) is 1. The summed E-state index contributed by atoms with van der Waals surface area (Å²) in [5, 5.41) is 12.5. The van der Waals surface area contributed by atoms with Crippen molar-refractivity contribution in [2.75, 3.05) is 18.5 Å². The third-order valence-electron chi connectivity index (χ3n) is 3.81. The van der Waals surface area contributed by atoms with E-state index in [1.165, 1.54) is 6.07 Å². The van der Waals surface area contributed by atoms with E-state index in [2.05, 4.69) is 5.32 Å². The monoisotopic (exact) mass is 280 g/mol. The van der Waals surface area contributed by atoms with Crippen molar-refractivity contribution >= 4 is 11.6 Å². The SMILES string of the molecule is CNC(=O)C1CCCCN1c1c(F)cccc1[C@@H](C)O. The van der Waals surface area contributed by atoms with E-state index in [0.29, 0.717) is 24.2 Å². The molecule has 5 heteroatoms. The quantitative estimate of drug-likeness (QED) is 0.890. The van der Waals surface area contributed by atoms with Gasteiger partial charge in [0.2, 0.25) is 5.91 Å². The Morgan fingerprint density at radius 3 is 2.90 bits per heavy atom. The van der Waals surface area contributed by atoms with Gasteiger partial charge in [-0.15, -0.1) is 0 Å². The molecule has 1 aromatic rings. The van der Waals surface area contributed by atoms with Gasteiger partial charge in [-0.3, -0.25) is 4.79 Å². The fourth-order valence-electron chi connectivity index (χ4n) is 2.81. The largest absolute Gasteiger partial charge is 0.389 e. The molecule has 1 aromatic carbocycles. The average molecular weight is 280 g/mol. The number of hydrogen-bond donors (Lipinski definition) is 2. The fraction of sp³-hybridized carbons (Fsp3) is 0.533. The van der Waals surface area contributed by atoms with Gasteiger partial charge in [0.15, 0.2) is 0 Å². The summed E-state index contributed by atoms with van der Waals surface area (Å²) in [5.41, 5.74) is 0.886. The number of carbonyl (C=O) groups excluding carboxylic acids is 1. The highest BCUT2D eigenvalue weighted by Crippen LogP contribution is 2.33. The number of rotatable bonds is 3. The van der Waals surface area contributed by atoms with Crippen LogP contribution >= 0.6 is 0 Å². The van der Waals surface area contributed by atoms with Crippen LogP contribution in [-0.4, -0.2) is 30.6 Å². The zero-order chi connectivity index (χ0) is 14.7. The minimum absolute atomic E-state index is 0.107. The highest BCUT2D eigenvalue weighted by atomic mass is 19.1. The standard InChI is InChI=1S/C15H21FN2O2/c1-10(19)11-6-5-7-12(16)14(11)18-9-4-3-8-13(18)15(20)17-2/h5-7,10,13,19H,3-4,8-9H2,1-2H3,(H,17,20)/t10-,13?/m1/s1. The molecule has 1 unspecified atom stereocenters. The van der Waals surface area contributed by atoms with E-state index in [1.807, 2.05) is 0 Å². The second-order valence-electron chi connectivity index (χ2n) is 5.17. The molecule has 0 radical (unpaired) electrons. The lowest BCUT2D eigenvalue weighted by Gasteiger charge is -2.37. The molecule has 1 aliphatic rings. The molecule has 2 atom stereocenters. The predicted octanol–water partition coefficient (Wildman–Crippen LogP) is 1.98. The maximum atomic E-state index is 14.3. The van der Waals surface area contributed by atoms with E-state index in [-0.39, 0.29) is 17.8 Å². The molecular formula is C15H21FN2O2. The van der Waals surface area contributed by atoms with Gasteiger partial charge < -0.3 is 15.3 Å². The van der Waals surface area contributed by atoms with Gasteiger partial charge in [-0.2, -0.15) is 0 Å². The van der Waals surface area contributed by atoms with Crippen molar-refractivity contribution in [3.8, 4) is 0 Å². The first-order chi connectivity index (χ1) is 9.56. The second-order valence-corrected chi connectivity index (χ2v) is 5.17. The molecule has 20 heavy (non-hydrogen) atoms. The molecule has 0 aromatic heterocycles. The molecule has 0 saturated carbocycles. The number of aliphatic hydroxyl groups is 1. The molecule has 4 nitrogen and oxygen atoms in total. The van der Waals surface area contributed by atoms with Crippen molar-refractivity contribution in [2.45, 2.75) is 38.3 Å². The van der Waals surface area contributed by atoms with E-state index in [1.54, 1.807) is 31.0 Å². The number of halogens is 1. The van der Waals surface area contributed by atoms with Gasteiger partial charge in [0.25, 0.3) is 0 Å². The van der Waals surface area contributed by atoms with Gasteiger partial charge in [0.05, 0.1) is 11.8 Å². The lowest BCUT2D eigenvalue weighted by atomic mass is 9.97. The maximum Gasteiger partial charge on any atom is 0.242 e. The van der Waals surface area contributed by atoms with E-state index in [4.69, 9.17) is 0 Å². The minimum atomic E-state index is -0.770. The number of hydrogen-bond acceptors (Lipinski definition) is 3. The van der Waals surface area contributed by atoms with Crippen LogP contribution in [0.3, 0.4) is 0 Å². The number of benzene rings is 1. The van der Waals surface area contributed by atoms with E-state index in [0.717, 1.165) is 12.8 Å². The summed E-state index contributed by atoms with van der Waals surface area (Å²) >= 11 is 0. The molecule has 2 N–H and O–H groups in total. The zero-order valence-electron chi connectivity index (χ0n) is 11.9. The highest BCUT2D eigenvalue weighted by Gasteiger charge is 2.31. The Morgan fingerprint density at radius 2 is 2.25 bits per heavy atom. The van der Waals surface area contributed by atoms with Gasteiger partial charge in [-0.1, -0.05) is 12.1 Å². The Kier molecular flexibility index (Phi) is 4.60. The smallest absolute Gasteiger partial charge is 0.242 e. The topological polar surface area (TPSA) is 52.6 Å². The number of aliphatic hydroxyl groups excluding tert-OH is 1. The van der Waals surface area contributed by atoms with Gasteiger partial charge in [-0.25, -0.2) is 4.39 Å². The number of likely N-dealkylation sites (N-methyl/N-ethyl adjacent to an activating group) is 1. The molecular weight excluding hydrogens is 259 g/mol. The molecule has 1 heterocycles. The van der Waals surface area contributed by atoms with Crippen molar-refractivity contribution < 1.29 is 14.3 Å². The summed E-state index contributed by atoms with van der Waals surface area (Å²) in [5.74, 6) is -0.497. The Hall–Kier alpha value is -1.62. The van der Waals surface area contributed by atoms with Crippen LogP contribution in [0, 0.1) is 5.82 Å². The van der Waals surface area contributed by atoms with Gasteiger partial charge in [-0.05, 0) is 32.3 Å². The van der Waals surface area contributed by atoms with Crippen LogP contribution in [0.4, 0.5) is 10.1 Å². The molecule has 1 amide bonds. The molecule has 0 bridgehead atoms. The number of amides is 1. The van der Waals surface area contributed by atoms with E-state index >= 15 is 0 Å². The van der Waals surface area contributed by atoms with Gasteiger partial charge in [0.1, 0.15) is 11.9 Å². The van der Waals surface area contributed by atoms with E-state index in [9.17, 15) is 14.3 Å². The number of anilines is 1.